The first kappa shape index (κ1) is 37.3. The highest BCUT2D eigenvalue weighted by atomic mass is 35.5. The molecule has 0 saturated carbocycles. The Morgan fingerprint density at radius 2 is 1.63 bits per heavy atom. The van der Waals surface area contributed by atoms with Crippen LogP contribution in [-0.2, 0) is 16.1 Å². The first-order valence-corrected chi connectivity index (χ1v) is 18.1. The molecule has 4 heterocycles. The van der Waals surface area contributed by atoms with Crippen LogP contribution in [0.3, 0.4) is 0 Å². The number of piperidine rings is 2. The van der Waals surface area contributed by atoms with E-state index in [-0.39, 0.29) is 17.9 Å². The van der Waals surface area contributed by atoms with Crippen molar-refractivity contribution in [1.82, 2.24) is 19.8 Å². The van der Waals surface area contributed by atoms with E-state index in [4.69, 9.17) is 48.1 Å². The monoisotopic (exact) mass is 747 g/mol. The third-order valence-corrected chi connectivity index (χ3v) is 10.8. The van der Waals surface area contributed by atoms with Gasteiger partial charge < -0.3 is 30.0 Å². The zero-order valence-electron chi connectivity index (χ0n) is 29.5. The quantitative estimate of drug-likeness (QED) is 0.173. The number of aliphatic hydroxyl groups is 1. The standard InChI is InChI=1S/C39H43Cl2N5O6/c1-23(47)46-19-12-24(13-20-46)37(52-39(42)49)31-9-7-25(21-33(31)50-2)36-35(41)29(11-16-43-36)28-5-4-6-30(34(28)40)32-10-8-26(38(44-32)51-3)22-45-17-14-27(48)15-18-45/h4-11,16,21,24,27,37,48H,12-15,17-20,22H2,1-3H3,(H2,42,49). The molecule has 274 valence electrons. The lowest BCUT2D eigenvalue weighted by atomic mass is 9.86. The molecular weight excluding hydrogens is 705 g/mol. The molecule has 0 spiro atoms. The summed E-state index contributed by atoms with van der Waals surface area (Å²) in [7, 11) is 3.16. The Morgan fingerprint density at radius 1 is 0.923 bits per heavy atom. The molecule has 2 aromatic carbocycles. The third kappa shape index (κ3) is 8.13. The highest BCUT2D eigenvalue weighted by Gasteiger charge is 2.33. The van der Waals surface area contributed by atoms with Crippen molar-refractivity contribution in [2.24, 2.45) is 11.7 Å². The number of carbonyl (C=O) groups is 2. The van der Waals surface area contributed by atoms with E-state index >= 15 is 0 Å². The van der Waals surface area contributed by atoms with Crippen LogP contribution in [0.1, 0.15) is 49.8 Å². The Morgan fingerprint density at radius 3 is 2.31 bits per heavy atom. The molecule has 6 rings (SSSR count). The fourth-order valence-corrected chi connectivity index (χ4v) is 7.82. The summed E-state index contributed by atoms with van der Waals surface area (Å²) < 4.78 is 17.2. The maximum Gasteiger partial charge on any atom is 0.405 e. The Hall–Kier alpha value is -4.42. The van der Waals surface area contributed by atoms with Crippen molar-refractivity contribution in [2.45, 2.75) is 51.4 Å². The second-order valence-corrected chi connectivity index (χ2v) is 14.0. The lowest BCUT2D eigenvalue weighted by Crippen LogP contribution is -2.39. The number of rotatable bonds is 10. The summed E-state index contributed by atoms with van der Waals surface area (Å²) in [6, 6.07) is 17.0. The van der Waals surface area contributed by atoms with Crippen molar-refractivity contribution < 1.29 is 28.9 Å². The zero-order valence-corrected chi connectivity index (χ0v) is 31.0. The molecule has 11 nitrogen and oxygen atoms in total. The molecule has 0 radical (unpaired) electrons. The molecular formula is C39H43Cl2N5O6. The predicted octanol–water partition coefficient (Wildman–Crippen LogP) is 7.15. The molecule has 2 aromatic heterocycles. The summed E-state index contributed by atoms with van der Waals surface area (Å²) in [5, 5.41) is 10.8. The average Bonchev–Trinajstić information content (AvgIpc) is 3.15. The van der Waals surface area contributed by atoms with Gasteiger partial charge in [0.1, 0.15) is 11.9 Å². The van der Waals surface area contributed by atoms with Gasteiger partial charge in [0.25, 0.3) is 0 Å². The number of methoxy groups -OCH3 is 2. The number of amides is 2. The maximum atomic E-state index is 12.0. The molecule has 52 heavy (non-hydrogen) atoms. The van der Waals surface area contributed by atoms with E-state index in [1.54, 1.807) is 32.2 Å². The van der Waals surface area contributed by atoms with Crippen LogP contribution in [0, 0.1) is 5.92 Å². The van der Waals surface area contributed by atoms with Crippen LogP contribution in [0.15, 0.2) is 60.8 Å². The number of likely N-dealkylation sites (tertiary alicyclic amines) is 2. The Labute approximate surface area is 313 Å². The van der Waals surface area contributed by atoms with Crippen LogP contribution in [0.4, 0.5) is 4.79 Å². The number of benzene rings is 2. The van der Waals surface area contributed by atoms with Crippen LogP contribution in [0.5, 0.6) is 11.6 Å². The molecule has 2 fully saturated rings. The number of aromatic nitrogens is 2. The van der Waals surface area contributed by atoms with E-state index in [0.29, 0.717) is 87.8 Å². The highest BCUT2D eigenvalue weighted by molar-refractivity contribution is 6.39. The molecule has 2 saturated heterocycles. The molecule has 0 bridgehead atoms. The van der Waals surface area contributed by atoms with Gasteiger partial charge in [-0.15, -0.1) is 0 Å². The SMILES string of the molecule is COc1cc(-c2nccc(-c3cccc(-c4ccc(CN5CCC(O)CC5)c(OC)n4)c3Cl)c2Cl)ccc1C(OC(N)=O)C1CCN(C(C)=O)CC1. The normalized spacial score (nSPS) is 16.4. The lowest BCUT2D eigenvalue weighted by Gasteiger charge is -2.35. The van der Waals surface area contributed by atoms with E-state index in [0.717, 1.165) is 37.1 Å². The predicted molar refractivity (Wildman–Crippen MR) is 200 cm³/mol. The molecule has 13 heteroatoms. The van der Waals surface area contributed by atoms with Gasteiger partial charge >= 0.3 is 6.09 Å². The molecule has 2 aliphatic heterocycles. The topological polar surface area (TPSA) is 140 Å². The average molecular weight is 749 g/mol. The van der Waals surface area contributed by atoms with E-state index < -0.39 is 12.2 Å². The molecule has 1 atom stereocenters. The number of primary amides is 1. The Balaban J connectivity index is 1.29. The second kappa shape index (κ2) is 16.5. The van der Waals surface area contributed by atoms with Gasteiger partial charge in [-0.05, 0) is 43.9 Å². The smallest absolute Gasteiger partial charge is 0.405 e. The van der Waals surface area contributed by atoms with E-state index in [1.807, 2.05) is 54.6 Å². The Bertz CT molecular complexity index is 1930. The van der Waals surface area contributed by atoms with Crippen molar-refractivity contribution in [2.75, 3.05) is 40.4 Å². The maximum absolute atomic E-state index is 12.0. The van der Waals surface area contributed by atoms with Gasteiger partial charge in [0.15, 0.2) is 0 Å². The number of halogens is 2. The van der Waals surface area contributed by atoms with Gasteiger partial charge in [-0.25, -0.2) is 9.78 Å². The van der Waals surface area contributed by atoms with Crippen molar-refractivity contribution in [1.29, 1.82) is 0 Å². The lowest BCUT2D eigenvalue weighted by molar-refractivity contribution is -0.130. The fourth-order valence-electron chi connectivity index (χ4n) is 7.17. The fraction of sp³-hybridized carbons (Fsp3) is 0.385. The summed E-state index contributed by atoms with van der Waals surface area (Å²) >= 11 is 14.2. The minimum atomic E-state index is -0.884. The zero-order chi connectivity index (χ0) is 36.9. The van der Waals surface area contributed by atoms with Crippen LogP contribution in [0.2, 0.25) is 10.0 Å². The molecule has 2 amide bonds. The largest absolute Gasteiger partial charge is 0.496 e. The van der Waals surface area contributed by atoms with E-state index in [9.17, 15) is 14.7 Å². The van der Waals surface area contributed by atoms with Gasteiger partial charge in [-0.1, -0.05) is 59.6 Å². The van der Waals surface area contributed by atoms with Gasteiger partial charge in [-0.3, -0.25) is 14.7 Å². The van der Waals surface area contributed by atoms with Crippen LogP contribution >= 0.6 is 23.2 Å². The summed E-state index contributed by atoms with van der Waals surface area (Å²) in [6.45, 7) is 5.00. The molecule has 0 aliphatic carbocycles. The summed E-state index contributed by atoms with van der Waals surface area (Å²) in [5.74, 6) is 0.974. The number of nitrogens with zero attached hydrogens (tertiary/aromatic N) is 4. The van der Waals surface area contributed by atoms with Gasteiger partial charge in [0.2, 0.25) is 11.8 Å². The number of aliphatic hydroxyl groups excluding tert-OH is 1. The van der Waals surface area contributed by atoms with Crippen molar-refractivity contribution in [3.8, 4) is 45.3 Å². The number of ether oxygens (including phenoxy) is 3. The number of hydrogen-bond donors (Lipinski definition) is 2. The number of carbonyl (C=O) groups excluding carboxylic acids is 2. The Kier molecular flexibility index (Phi) is 11.8. The van der Waals surface area contributed by atoms with Crippen LogP contribution in [0.25, 0.3) is 33.6 Å². The van der Waals surface area contributed by atoms with Crippen molar-refractivity contribution in [3.63, 3.8) is 0 Å². The number of nitrogens with two attached hydrogens (primary N) is 1. The summed E-state index contributed by atoms with van der Waals surface area (Å²) in [6.07, 6.45) is 2.70. The van der Waals surface area contributed by atoms with Crippen molar-refractivity contribution in [3.05, 3.63) is 82.0 Å². The first-order chi connectivity index (χ1) is 25.1. The number of hydrogen-bond acceptors (Lipinski definition) is 9. The highest BCUT2D eigenvalue weighted by Crippen LogP contribution is 2.44. The molecule has 3 N–H and O–H groups in total. The molecule has 4 aromatic rings. The van der Waals surface area contributed by atoms with Crippen molar-refractivity contribution >= 4 is 35.2 Å². The van der Waals surface area contributed by atoms with E-state index in [2.05, 4.69) is 9.88 Å². The summed E-state index contributed by atoms with van der Waals surface area (Å²) in [4.78, 5) is 37.4. The van der Waals surface area contributed by atoms with Gasteiger partial charge in [0.05, 0.1) is 41.8 Å². The van der Waals surface area contributed by atoms with Crippen LogP contribution < -0.4 is 15.2 Å². The third-order valence-electron chi connectivity index (χ3n) is 10.0. The van der Waals surface area contributed by atoms with Gasteiger partial charge in [0, 0.05) is 85.1 Å². The molecule has 1 unspecified atom stereocenters. The molecule has 2 aliphatic rings. The minimum absolute atomic E-state index is 0.0184. The number of pyridine rings is 2. The second-order valence-electron chi connectivity index (χ2n) is 13.2. The van der Waals surface area contributed by atoms with Crippen LogP contribution in [-0.4, -0.2) is 83.4 Å². The van der Waals surface area contributed by atoms with Gasteiger partial charge in [-0.2, -0.15) is 0 Å². The van der Waals surface area contributed by atoms with E-state index in [1.165, 1.54) is 0 Å². The summed E-state index contributed by atoms with van der Waals surface area (Å²) in [5.41, 5.74) is 11.1. The minimum Gasteiger partial charge on any atom is -0.496 e. The first-order valence-electron chi connectivity index (χ1n) is 17.4.